The molecule has 1 heterocycles. The summed E-state index contributed by atoms with van der Waals surface area (Å²) in [4.78, 5) is 16.6. The van der Waals surface area contributed by atoms with Gasteiger partial charge in [-0.2, -0.15) is 0 Å². The molecule has 0 radical (unpaired) electrons. The Labute approximate surface area is 102 Å². The van der Waals surface area contributed by atoms with Crippen molar-refractivity contribution >= 4 is 33.2 Å². The van der Waals surface area contributed by atoms with E-state index in [0.29, 0.717) is 4.88 Å². The van der Waals surface area contributed by atoms with E-state index < -0.39 is 0 Å². The number of halogens is 1. The Morgan fingerprint density at radius 3 is 2.80 bits per heavy atom. The molecule has 0 unspecified atom stereocenters. The third-order valence-electron chi connectivity index (χ3n) is 2.12. The molecule has 1 aromatic rings. The number of hydrogen-bond acceptors (Lipinski definition) is 3. The zero-order valence-electron chi connectivity index (χ0n) is 9.13. The zero-order valence-corrected chi connectivity index (χ0v) is 11.5. The molecule has 0 aliphatic rings. The lowest BCUT2D eigenvalue weighted by Crippen LogP contribution is -2.43. The Morgan fingerprint density at radius 2 is 2.33 bits per heavy atom. The fourth-order valence-corrected chi connectivity index (χ4v) is 2.87. The molecule has 15 heavy (non-hydrogen) atoms. The molecule has 0 fully saturated rings. The Hall–Kier alpha value is -0.420. The lowest BCUT2D eigenvalue weighted by Gasteiger charge is -2.25. The van der Waals surface area contributed by atoms with Gasteiger partial charge in [0.25, 0.3) is 5.91 Å². The molecule has 1 rings (SSSR count). The van der Waals surface area contributed by atoms with Crippen molar-refractivity contribution in [3.8, 4) is 0 Å². The van der Waals surface area contributed by atoms with E-state index in [1.807, 2.05) is 20.8 Å². The Morgan fingerprint density at radius 1 is 1.67 bits per heavy atom. The predicted molar refractivity (Wildman–Crippen MR) is 66.8 cm³/mol. The van der Waals surface area contributed by atoms with Crippen LogP contribution >= 0.6 is 27.3 Å². The Balaban J connectivity index is 2.68. The maximum absolute atomic E-state index is 11.9. The first kappa shape index (κ1) is 12.6. The van der Waals surface area contributed by atoms with Crippen molar-refractivity contribution in [3.05, 3.63) is 16.1 Å². The number of nitrogens with zero attached hydrogens (tertiary/aromatic N) is 1. The van der Waals surface area contributed by atoms with Gasteiger partial charge in [0.05, 0.1) is 11.2 Å². The number of alkyl halides is 1. The summed E-state index contributed by atoms with van der Waals surface area (Å²) in [6.07, 6.45) is 0.899. The van der Waals surface area contributed by atoms with Gasteiger partial charge in [-0.15, -0.1) is 11.3 Å². The third kappa shape index (κ3) is 3.57. The number of nitrogens with one attached hydrogen (secondary N) is 1. The van der Waals surface area contributed by atoms with E-state index in [0.717, 1.165) is 17.4 Å². The largest absolute Gasteiger partial charge is 0.346 e. The zero-order chi connectivity index (χ0) is 11.5. The fraction of sp³-hybridized carbons (Fsp3) is 0.600. The standard InChI is InChI=1S/C10H15BrN2OS/c1-7-8(15-6-12-7)9(14)13-10(2,3)4-5-11/h6H,4-5H2,1-3H3,(H,13,14). The normalized spacial score (nSPS) is 11.5. The van der Waals surface area contributed by atoms with Gasteiger partial charge in [0, 0.05) is 10.9 Å². The van der Waals surface area contributed by atoms with Crippen molar-refractivity contribution in [2.45, 2.75) is 32.7 Å². The smallest absolute Gasteiger partial charge is 0.263 e. The molecule has 84 valence electrons. The maximum Gasteiger partial charge on any atom is 0.263 e. The van der Waals surface area contributed by atoms with Gasteiger partial charge in [-0.3, -0.25) is 4.79 Å². The summed E-state index contributed by atoms with van der Waals surface area (Å²) in [6.45, 7) is 5.88. The lowest BCUT2D eigenvalue weighted by atomic mass is 10.0. The Kier molecular flexibility index (Phi) is 4.28. The van der Waals surface area contributed by atoms with Crippen LogP contribution in [0, 0.1) is 6.92 Å². The molecular formula is C10H15BrN2OS. The Bertz CT molecular complexity index is 349. The van der Waals surface area contributed by atoms with Gasteiger partial charge in [0.2, 0.25) is 0 Å². The van der Waals surface area contributed by atoms with E-state index in [1.54, 1.807) is 5.51 Å². The first-order chi connectivity index (χ1) is 6.96. The van der Waals surface area contributed by atoms with Gasteiger partial charge < -0.3 is 5.32 Å². The summed E-state index contributed by atoms with van der Waals surface area (Å²) in [5.41, 5.74) is 2.31. The quantitative estimate of drug-likeness (QED) is 0.867. The van der Waals surface area contributed by atoms with Crippen LogP contribution in [0.3, 0.4) is 0 Å². The summed E-state index contributed by atoms with van der Waals surface area (Å²) in [6, 6.07) is 0. The van der Waals surface area contributed by atoms with Crippen LogP contribution in [0.15, 0.2) is 5.51 Å². The van der Waals surface area contributed by atoms with Crippen molar-refractivity contribution in [1.29, 1.82) is 0 Å². The molecule has 0 atom stereocenters. The van der Waals surface area contributed by atoms with Gasteiger partial charge in [0.1, 0.15) is 4.88 Å². The number of hydrogen-bond donors (Lipinski definition) is 1. The van der Waals surface area contributed by atoms with Gasteiger partial charge in [-0.05, 0) is 27.2 Å². The highest BCUT2D eigenvalue weighted by Gasteiger charge is 2.22. The van der Waals surface area contributed by atoms with Crippen molar-refractivity contribution in [3.63, 3.8) is 0 Å². The van der Waals surface area contributed by atoms with E-state index in [9.17, 15) is 4.79 Å². The van der Waals surface area contributed by atoms with Crippen molar-refractivity contribution in [2.75, 3.05) is 5.33 Å². The van der Waals surface area contributed by atoms with Crippen molar-refractivity contribution in [1.82, 2.24) is 10.3 Å². The number of amides is 1. The van der Waals surface area contributed by atoms with Crippen LogP contribution < -0.4 is 5.32 Å². The topological polar surface area (TPSA) is 42.0 Å². The minimum atomic E-state index is -0.184. The average Bonchev–Trinajstić information content (AvgIpc) is 2.50. The van der Waals surface area contributed by atoms with Crippen molar-refractivity contribution < 1.29 is 4.79 Å². The van der Waals surface area contributed by atoms with E-state index >= 15 is 0 Å². The fourth-order valence-electron chi connectivity index (χ4n) is 1.18. The number of carbonyl (C=O) groups excluding carboxylic acids is 1. The van der Waals surface area contributed by atoms with Crippen LogP contribution in [0.1, 0.15) is 35.6 Å². The van der Waals surface area contributed by atoms with E-state index in [1.165, 1.54) is 11.3 Å². The molecule has 1 amide bonds. The summed E-state index contributed by atoms with van der Waals surface area (Å²) in [7, 11) is 0. The third-order valence-corrected chi connectivity index (χ3v) is 3.45. The summed E-state index contributed by atoms with van der Waals surface area (Å²) < 4.78 is 0. The van der Waals surface area contributed by atoms with Crippen LogP contribution in [-0.2, 0) is 0 Å². The maximum atomic E-state index is 11.9. The number of thiazole rings is 1. The average molecular weight is 291 g/mol. The van der Waals surface area contributed by atoms with Crippen molar-refractivity contribution in [2.24, 2.45) is 0 Å². The first-order valence-electron chi connectivity index (χ1n) is 4.75. The second-order valence-electron chi connectivity index (χ2n) is 4.04. The molecule has 1 N–H and O–H groups in total. The molecule has 0 bridgehead atoms. The molecule has 0 saturated carbocycles. The van der Waals surface area contributed by atoms with Crippen LogP contribution in [-0.4, -0.2) is 21.8 Å². The number of rotatable bonds is 4. The first-order valence-corrected chi connectivity index (χ1v) is 6.75. The van der Waals surface area contributed by atoms with Gasteiger partial charge in [-0.1, -0.05) is 15.9 Å². The summed E-state index contributed by atoms with van der Waals surface area (Å²) >= 11 is 4.76. The lowest BCUT2D eigenvalue weighted by molar-refractivity contribution is 0.0915. The minimum Gasteiger partial charge on any atom is -0.346 e. The highest BCUT2D eigenvalue weighted by atomic mass is 79.9. The van der Waals surface area contributed by atoms with Gasteiger partial charge in [-0.25, -0.2) is 4.98 Å². The minimum absolute atomic E-state index is 0.0269. The predicted octanol–water partition coefficient (Wildman–Crippen LogP) is 2.74. The molecule has 3 nitrogen and oxygen atoms in total. The highest BCUT2D eigenvalue weighted by Crippen LogP contribution is 2.15. The number of aromatic nitrogens is 1. The van der Waals surface area contributed by atoms with E-state index in [4.69, 9.17) is 0 Å². The molecular weight excluding hydrogens is 276 g/mol. The molecule has 0 aliphatic carbocycles. The summed E-state index contributed by atoms with van der Waals surface area (Å²) in [5, 5.41) is 3.88. The van der Waals surface area contributed by atoms with Crippen LogP contribution in [0.25, 0.3) is 0 Å². The SMILES string of the molecule is Cc1ncsc1C(=O)NC(C)(C)CCBr. The molecule has 0 saturated heterocycles. The summed E-state index contributed by atoms with van der Waals surface area (Å²) in [5.74, 6) is -0.0269. The van der Waals surface area contributed by atoms with Gasteiger partial charge >= 0.3 is 0 Å². The van der Waals surface area contributed by atoms with Gasteiger partial charge in [0.15, 0.2) is 0 Å². The van der Waals surface area contributed by atoms with Crippen LogP contribution in [0.4, 0.5) is 0 Å². The van der Waals surface area contributed by atoms with E-state index in [-0.39, 0.29) is 11.4 Å². The molecule has 0 spiro atoms. The van der Waals surface area contributed by atoms with E-state index in [2.05, 4.69) is 26.2 Å². The molecule has 0 aromatic carbocycles. The van der Waals surface area contributed by atoms with Crippen LogP contribution in [0.5, 0.6) is 0 Å². The second kappa shape index (κ2) is 5.07. The van der Waals surface area contributed by atoms with Crippen LogP contribution in [0.2, 0.25) is 0 Å². The second-order valence-corrected chi connectivity index (χ2v) is 5.69. The molecule has 0 aliphatic heterocycles. The molecule has 1 aromatic heterocycles. The molecule has 5 heteroatoms. The monoisotopic (exact) mass is 290 g/mol. The number of aryl methyl sites for hydroxylation is 1. The highest BCUT2D eigenvalue weighted by molar-refractivity contribution is 9.09. The number of carbonyl (C=O) groups is 1.